The number of hydrogen-bond donors (Lipinski definition) is 1. The van der Waals surface area contributed by atoms with Gasteiger partial charge >= 0.3 is 11.9 Å². The molecule has 1 N–H and O–H groups in total. The summed E-state index contributed by atoms with van der Waals surface area (Å²) >= 11 is 3.38. The van der Waals surface area contributed by atoms with Crippen LogP contribution in [0, 0.1) is 29.6 Å². The molecule has 10 atom stereocenters. The van der Waals surface area contributed by atoms with Crippen molar-refractivity contribution in [2.45, 2.75) is 77.7 Å². The summed E-state index contributed by atoms with van der Waals surface area (Å²) in [5, 5.41) is 10.1. The molecule has 2 fully saturated rings. The van der Waals surface area contributed by atoms with E-state index in [1.807, 2.05) is 20.8 Å². The molecule has 0 aromatic heterocycles. The fourth-order valence-corrected chi connectivity index (χ4v) is 6.16. The summed E-state index contributed by atoms with van der Waals surface area (Å²) in [6, 6.07) is 0. The molecule has 0 aromatic carbocycles. The second kappa shape index (κ2) is 14.0. The predicted molar refractivity (Wildman–Crippen MR) is 129 cm³/mol. The monoisotopic (exact) mass is 494 g/mol. The first kappa shape index (κ1) is 29.6. The highest BCUT2D eigenvalue weighted by Gasteiger charge is 2.44. The van der Waals surface area contributed by atoms with E-state index in [0.717, 1.165) is 11.5 Å². The summed E-state index contributed by atoms with van der Waals surface area (Å²) in [5.41, 5.74) is -0.0272. The van der Waals surface area contributed by atoms with Crippen LogP contribution in [-0.2, 0) is 28.5 Å². The van der Waals surface area contributed by atoms with E-state index >= 15 is 0 Å². The Morgan fingerprint density at radius 3 is 1.53 bits per heavy atom. The molecular weight excluding hydrogens is 452 g/mol. The number of aliphatic hydroxyl groups is 1. The third-order valence-corrected chi connectivity index (χ3v) is 9.04. The van der Waals surface area contributed by atoms with Crippen molar-refractivity contribution in [2.75, 3.05) is 25.7 Å². The minimum Gasteiger partial charge on any atom is -0.467 e. The number of carbonyl (C=O) groups is 2. The molecule has 0 bridgehead atoms. The lowest BCUT2D eigenvalue weighted by Gasteiger charge is -2.42. The van der Waals surface area contributed by atoms with Crippen molar-refractivity contribution in [3.63, 3.8) is 0 Å². The number of rotatable bonds is 6. The van der Waals surface area contributed by atoms with E-state index in [2.05, 4.69) is 32.4 Å². The second-order valence-corrected chi connectivity index (χ2v) is 11.3. The van der Waals surface area contributed by atoms with Gasteiger partial charge in [0.15, 0.2) is 12.2 Å². The molecule has 2 heterocycles. The van der Waals surface area contributed by atoms with Crippen LogP contribution in [0.5, 0.6) is 0 Å². The van der Waals surface area contributed by atoms with E-state index in [-0.39, 0.29) is 34.6 Å². The quantitative estimate of drug-likeness (QED) is 0.553. The van der Waals surface area contributed by atoms with Crippen LogP contribution in [0.1, 0.15) is 48.5 Å². The summed E-state index contributed by atoms with van der Waals surface area (Å²) in [6.45, 7) is 14.3. The Bertz CT molecular complexity index is 541. The molecular formula is C23H42O7S2. The molecule has 0 spiro atoms. The predicted octanol–water partition coefficient (Wildman–Crippen LogP) is 3.82. The molecule has 0 aromatic rings. The molecule has 2 aliphatic heterocycles. The lowest BCUT2D eigenvalue weighted by molar-refractivity contribution is -0.179. The van der Waals surface area contributed by atoms with E-state index in [1.54, 1.807) is 23.5 Å². The van der Waals surface area contributed by atoms with Gasteiger partial charge in [-0.1, -0.05) is 48.5 Å². The van der Waals surface area contributed by atoms with Gasteiger partial charge in [0.2, 0.25) is 0 Å². The fourth-order valence-electron chi connectivity index (χ4n) is 4.09. The minimum absolute atomic E-state index is 0.0286. The average molecular weight is 495 g/mol. The maximum Gasteiger partial charge on any atom is 0.335 e. The third kappa shape index (κ3) is 7.26. The first-order chi connectivity index (χ1) is 15.0. The van der Waals surface area contributed by atoms with Crippen molar-refractivity contribution in [2.24, 2.45) is 29.6 Å². The Morgan fingerprint density at radius 1 is 0.719 bits per heavy atom. The maximum atomic E-state index is 11.6. The highest BCUT2D eigenvalue weighted by molar-refractivity contribution is 7.99. The summed E-state index contributed by atoms with van der Waals surface area (Å²) < 4.78 is 21.0. The van der Waals surface area contributed by atoms with Crippen LogP contribution in [0.3, 0.4) is 0 Å². The molecule has 32 heavy (non-hydrogen) atoms. The molecule has 2 aliphatic rings. The van der Waals surface area contributed by atoms with Crippen molar-refractivity contribution in [3.8, 4) is 0 Å². The van der Waals surface area contributed by atoms with Crippen LogP contribution < -0.4 is 0 Å². The number of methoxy groups -OCH3 is 2. The van der Waals surface area contributed by atoms with Gasteiger partial charge in [-0.25, -0.2) is 9.59 Å². The Hall–Kier alpha value is -0.480. The number of hydrogen-bond acceptors (Lipinski definition) is 9. The largest absolute Gasteiger partial charge is 0.467 e. The van der Waals surface area contributed by atoms with Crippen molar-refractivity contribution in [3.05, 3.63) is 0 Å². The SMILES string of the molecule is CCS[C@H]1OC(C(=O)OC)[C@H](C)[C@H](C)C1C.CCS[C@H]1OC(C(=O)OC)[C@H](C)[C@H](O)C1C. The van der Waals surface area contributed by atoms with Gasteiger partial charge in [-0.15, -0.1) is 23.5 Å². The Balaban J connectivity index is 0.000000320. The molecule has 9 heteroatoms. The Labute approximate surface area is 202 Å². The summed E-state index contributed by atoms with van der Waals surface area (Å²) in [5.74, 6) is 2.22. The number of aliphatic hydroxyl groups excluding tert-OH is 1. The zero-order chi connectivity index (χ0) is 24.6. The van der Waals surface area contributed by atoms with Crippen LogP contribution in [0.2, 0.25) is 0 Å². The molecule has 2 rings (SSSR count). The Kier molecular flexibility index (Phi) is 13.0. The van der Waals surface area contributed by atoms with Crippen molar-refractivity contribution in [1.82, 2.24) is 0 Å². The summed E-state index contributed by atoms with van der Waals surface area (Å²) in [7, 11) is 2.76. The smallest absolute Gasteiger partial charge is 0.335 e. The van der Waals surface area contributed by atoms with E-state index < -0.39 is 24.3 Å². The molecule has 4 unspecified atom stereocenters. The number of thioether (sulfide) groups is 2. The van der Waals surface area contributed by atoms with E-state index in [1.165, 1.54) is 14.2 Å². The highest BCUT2D eigenvalue weighted by Crippen LogP contribution is 2.39. The van der Waals surface area contributed by atoms with Gasteiger partial charge in [0.1, 0.15) is 10.9 Å². The topological polar surface area (TPSA) is 91.3 Å². The van der Waals surface area contributed by atoms with Crippen LogP contribution in [0.15, 0.2) is 0 Å². The highest BCUT2D eigenvalue weighted by atomic mass is 32.2. The number of esters is 2. The Morgan fingerprint density at radius 2 is 1.12 bits per heavy atom. The van der Waals surface area contributed by atoms with Gasteiger partial charge in [0, 0.05) is 11.8 Å². The van der Waals surface area contributed by atoms with E-state index in [9.17, 15) is 14.7 Å². The van der Waals surface area contributed by atoms with Crippen LogP contribution in [0.4, 0.5) is 0 Å². The summed E-state index contributed by atoms with van der Waals surface area (Å²) in [6.07, 6.45) is -1.58. The normalized spacial score (nSPS) is 39.4. The number of ether oxygens (including phenoxy) is 4. The third-order valence-electron chi connectivity index (χ3n) is 6.64. The van der Waals surface area contributed by atoms with Crippen molar-refractivity contribution in [1.29, 1.82) is 0 Å². The average Bonchev–Trinajstić information content (AvgIpc) is 2.79. The maximum absolute atomic E-state index is 11.6. The van der Waals surface area contributed by atoms with Crippen LogP contribution >= 0.6 is 23.5 Å². The van der Waals surface area contributed by atoms with Crippen LogP contribution in [0.25, 0.3) is 0 Å². The van der Waals surface area contributed by atoms with Gasteiger partial charge in [0.05, 0.1) is 20.3 Å². The standard InChI is InChI=1S/C12H22O3S.C11H20O4S/c1-6-16-12-9(4)7(2)8(3)10(15-12)11(13)14-5;1-5-16-11-7(3)8(12)6(2)9(15-11)10(13)14-4/h7-10,12H,6H2,1-5H3;6-9,11-12H,5H2,1-4H3/t7-,8+,9?,10?,12+;6-,7?,8+,9?,11-/m01/s1. The van der Waals surface area contributed by atoms with Crippen molar-refractivity contribution < 1.29 is 33.6 Å². The molecule has 0 radical (unpaired) electrons. The zero-order valence-electron chi connectivity index (χ0n) is 20.9. The molecule has 0 aliphatic carbocycles. The van der Waals surface area contributed by atoms with Gasteiger partial charge in [-0.3, -0.25) is 0 Å². The van der Waals surface area contributed by atoms with Gasteiger partial charge in [-0.2, -0.15) is 0 Å². The zero-order valence-corrected chi connectivity index (χ0v) is 22.5. The van der Waals surface area contributed by atoms with Crippen LogP contribution in [-0.4, -0.2) is 72.0 Å². The first-order valence-corrected chi connectivity index (χ1v) is 13.5. The molecule has 0 amide bonds. The van der Waals surface area contributed by atoms with Gasteiger partial charge < -0.3 is 24.1 Å². The molecule has 188 valence electrons. The second-order valence-electron chi connectivity index (χ2n) is 8.59. The molecule has 7 nitrogen and oxygen atoms in total. The van der Waals surface area contributed by atoms with Crippen molar-refractivity contribution >= 4 is 35.5 Å². The molecule has 0 saturated carbocycles. The van der Waals surface area contributed by atoms with Gasteiger partial charge in [-0.05, 0) is 29.3 Å². The van der Waals surface area contributed by atoms with E-state index in [0.29, 0.717) is 11.8 Å². The van der Waals surface area contributed by atoms with E-state index in [4.69, 9.17) is 14.2 Å². The lowest BCUT2D eigenvalue weighted by Crippen LogP contribution is -2.51. The lowest BCUT2D eigenvalue weighted by atomic mass is 9.80. The van der Waals surface area contributed by atoms with Gasteiger partial charge in [0.25, 0.3) is 0 Å². The molecule has 2 saturated heterocycles. The number of carbonyl (C=O) groups excluding carboxylic acids is 2. The summed E-state index contributed by atoms with van der Waals surface area (Å²) in [4.78, 5) is 23.1. The first-order valence-electron chi connectivity index (χ1n) is 11.4. The fraction of sp³-hybridized carbons (Fsp3) is 0.913. The minimum atomic E-state index is -0.653.